The molecule has 1 N–H and O–H groups in total. The van der Waals surface area contributed by atoms with Gasteiger partial charge in [0.2, 0.25) is 0 Å². The van der Waals surface area contributed by atoms with Crippen LogP contribution in [0, 0.1) is 5.82 Å². The Kier molecular flexibility index (Phi) is 5.75. The van der Waals surface area contributed by atoms with Gasteiger partial charge in [0.15, 0.2) is 0 Å². The van der Waals surface area contributed by atoms with Crippen LogP contribution in [0.3, 0.4) is 0 Å². The lowest BCUT2D eigenvalue weighted by molar-refractivity contribution is 0.627. The van der Waals surface area contributed by atoms with Gasteiger partial charge in [0, 0.05) is 16.9 Å². The second kappa shape index (κ2) is 7.77. The summed E-state index contributed by atoms with van der Waals surface area (Å²) >= 11 is 0. The van der Waals surface area contributed by atoms with Crippen molar-refractivity contribution in [2.24, 2.45) is 0 Å². The van der Waals surface area contributed by atoms with Crippen LogP contribution in [-0.4, -0.2) is 0 Å². The second-order valence-corrected chi connectivity index (χ2v) is 5.87. The van der Waals surface area contributed by atoms with Crippen molar-refractivity contribution in [2.45, 2.75) is 33.1 Å². The number of hydrogen-bond donors (Lipinski definition) is 1. The summed E-state index contributed by atoms with van der Waals surface area (Å²) in [5.74, 6) is -0.275. The van der Waals surface area contributed by atoms with E-state index in [1.54, 1.807) is 6.07 Å². The van der Waals surface area contributed by atoms with Gasteiger partial charge < -0.3 is 5.32 Å². The number of hydrogen-bond acceptors (Lipinski definition) is 1. The number of allylic oxidation sites excluding steroid dienone is 1. The molecular formula is C21H24FN. The smallest absolute Gasteiger partial charge is 0.123 e. The van der Waals surface area contributed by atoms with Gasteiger partial charge in [-0.2, -0.15) is 0 Å². The summed E-state index contributed by atoms with van der Waals surface area (Å²) in [6.45, 7) is 12.1. The molecule has 0 aliphatic rings. The maximum Gasteiger partial charge on any atom is 0.123 e. The zero-order valence-electron chi connectivity index (χ0n) is 14.0. The lowest BCUT2D eigenvalue weighted by Crippen LogP contribution is -2.01. The van der Waals surface area contributed by atoms with Gasteiger partial charge in [0.05, 0.1) is 0 Å². The van der Waals surface area contributed by atoms with E-state index in [1.807, 2.05) is 19.1 Å². The van der Waals surface area contributed by atoms with Gasteiger partial charge in [-0.15, -0.1) is 0 Å². The predicted octanol–water partition coefficient (Wildman–Crippen LogP) is 6.28. The van der Waals surface area contributed by atoms with E-state index in [-0.39, 0.29) is 5.82 Å². The van der Waals surface area contributed by atoms with Gasteiger partial charge in [-0.25, -0.2) is 4.39 Å². The van der Waals surface area contributed by atoms with Crippen molar-refractivity contribution in [1.82, 2.24) is 0 Å². The number of rotatable bonds is 7. The minimum Gasteiger partial charge on any atom is -0.356 e. The third-order valence-corrected chi connectivity index (χ3v) is 3.83. The highest BCUT2D eigenvalue weighted by atomic mass is 19.1. The lowest BCUT2D eigenvalue weighted by atomic mass is 9.99. The van der Waals surface area contributed by atoms with Gasteiger partial charge in [-0.05, 0) is 55.2 Å². The molecule has 0 aliphatic carbocycles. The number of aryl methyl sites for hydroxylation is 1. The van der Waals surface area contributed by atoms with Crippen LogP contribution in [0.1, 0.15) is 43.4 Å². The van der Waals surface area contributed by atoms with Crippen molar-refractivity contribution in [3.8, 4) is 0 Å². The Morgan fingerprint density at radius 2 is 1.74 bits per heavy atom. The molecule has 120 valence electrons. The first-order chi connectivity index (χ1) is 11.0. The average molecular weight is 309 g/mol. The monoisotopic (exact) mass is 309 g/mol. The molecule has 0 amide bonds. The minimum atomic E-state index is -0.275. The molecule has 0 heterocycles. The zero-order valence-corrected chi connectivity index (χ0v) is 14.0. The van der Waals surface area contributed by atoms with E-state index in [4.69, 9.17) is 0 Å². The second-order valence-electron chi connectivity index (χ2n) is 5.87. The molecule has 0 bridgehead atoms. The lowest BCUT2D eigenvalue weighted by Gasteiger charge is -2.15. The minimum absolute atomic E-state index is 0.275. The van der Waals surface area contributed by atoms with Crippen LogP contribution in [0.5, 0.6) is 0 Å². The molecule has 0 spiro atoms. The van der Waals surface area contributed by atoms with Gasteiger partial charge in [-0.3, -0.25) is 0 Å². The van der Waals surface area contributed by atoms with Crippen molar-refractivity contribution in [2.75, 3.05) is 5.32 Å². The molecular weight excluding hydrogens is 285 g/mol. The molecule has 23 heavy (non-hydrogen) atoms. The third-order valence-electron chi connectivity index (χ3n) is 3.83. The van der Waals surface area contributed by atoms with E-state index < -0.39 is 0 Å². The zero-order chi connectivity index (χ0) is 16.8. The number of anilines is 1. The van der Waals surface area contributed by atoms with Crippen molar-refractivity contribution in [3.05, 3.63) is 78.1 Å². The standard InChI is InChI=1S/C21H24FN/c1-5-6-7-17-8-11-19(12-9-17)23-16(4)21-14-18(22)10-13-20(21)15(2)3/h8-14,23H,2,4-7H2,1,3H3. The van der Waals surface area contributed by atoms with Crippen LogP contribution < -0.4 is 5.32 Å². The quantitative estimate of drug-likeness (QED) is 0.634. The van der Waals surface area contributed by atoms with E-state index in [9.17, 15) is 4.39 Å². The molecule has 0 saturated heterocycles. The van der Waals surface area contributed by atoms with Crippen LogP contribution in [0.25, 0.3) is 11.3 Å². The predicted molar refractivity (Wildman–Crippen MR) is 98.8 cm³/mol. The van der Waals surface area contributed by atoms with E-state index in [0.717, 1.165) is 28.8 Å². The Morgan fingerprint density at radius 3 is 2.35 bits per heavy atom. The molecule has 2 aromatic carbocycles. The van der Waals surface area contributed by atoms with Crippen LogP contribution in [-0.2, 0) is 6.42 Å². The Morgan fingerprint density at radius 1 is 1.04 bits per heavy atom. The summed E-state index contributed by atoms with van der Waals surface area (Å²) in [7, 11) is 0. The van der Waals surface area contributed by atoms with Crippen molar-refractivity contribution < 1.29 is 4.39 Å². The van der Waals surface area contributed by atoms with Gasteiger partial charge >= 0.3 is 0 Å². The van der Waals surface area contributed by atoms with Crippen LogP contribution in [0.2, 0.25) is 0 Å². The first-order valence-electron chi connectivity index (χ1n) is 8.02. The van der Waals surface area contributed by atoms with Crippen LogP contribution in [0.4, 0.5) is 10.1 Å². The van der Waals surface area contributed by atoms with Crippen molar-refractivity contribution in [3.63, 3.8) is 0 Å². The van der Waals surface area contributed by atoms with E-state index in [0.29, 0.717) is 5.70 Å². The van der Waals surface area contributed by atoms with Crippen molar-refractivity contribution in [1.29, 1.82) is 0 Å². The maximum absolute atomic E-state index is 13.6. The highest BCUT2D eigenvalue weighted by molar-refractivity contribution is 5.82. The summed E-state index contributed by atoms with van der Waals surface area (Å²) in [5.41, 5.74) is 5.49. The Balaban J connectivity index is 2.16. The van der Waals surface area contributed by atoms with Crippen LogP contribution >= 0.6 is 0 Å². The molecule has 0 saturated carbocycles. The highest BCUT2D eigenvalue weighted by Crippen LogP contribution is 2.26. The molecule has 2 aromatic rings. The number of halogens is 1. The first kappa shape index (κ1) is 17.0. The molecule has 0 aromatic heterocycles. The molecule has 1 nitrogen and oxygen atoms in total. The topological polar surface area (TPSA) is 12.0 Å². The number of unbranched alkanes of at least 4 members (excludes halogenated alkanes) is 1. The summed E-state index contributed by atoms with van der Waals surface area (Å²) in [6, 6.07) is 13.0. The third kappa shape index (κ3) is 4.56. The Hall–Kier alpha value is -2.35. The normalized spacial score (nSPS) is 10.4. The van der Waals surface area contributed by atoms with Gasteiger partial charge in [-0.1, -0.05) is 50.3 Å². The molecule has 2 heteroatoms. The molecule has 0 aliphatic heterocycles. The highest BCUT2D eigenvalue weighted by Gasteiger charge is 2.09. The van der Waals surface area contributed by atoms with E-state index in [1.165, 1.54) is 30.5 Å². The summed E-state index contributed by atoms with van der Waals surface area (Å²) in [6.07, 6.45) is 3.49. The van der Waals surface area contributed by atoms with Gasteiger partial charge in [0.25, 0.3) is 0 Å². The van der Waals surface area contributed by atoms with E-state index in [2.05, 4.69) is 37.5 Å². The maximum atomic E-state index is 13.6. The fraction of sp³-hybridized carbons (Fsp3) is 0.238. The fourth-order valence-electron chi connectivity index (χ4n) is 2.52. The molecule has 2 rings (SSSR count). The number of nitrogens with one attached hydrogen (secondary N) is 1. The Labute approximate surface area is 138 Å². The van der Waals surface area contributed by atoms with Crippen LogP contribution in [0.15, 0.2) is 55.6 Å². The SMILES string of the molecule is C=C(C)c1ccc(F)cc1C(=C)Nc1ccc(CCCC)cc1. The Bertz CT molecular complexity index is 698. The summed E-state index contributed by atoms with van der Waals surface area (Å²) in [5, 5.41) is 3.26. The molecule has 0 unspecified atom stereocenters. The first-order valence-corrected chi connectivity index (χ1v) is 8.02. The summed E-state index contributed by atoms with van der Waals surface area (Å²) in [4.78, 5) is 0. The number of benzene rings is 2. The average Bonchev–Trinajstić information content (AvgIpc) is 2.53. The van der Waals surface area contributed by atoms with Crippen molar-refractivity contribution >= 4 is 17.0 Å². The summed E-state index contributed by atoms with van der Waals surface area (Å²) < 4.78 is 13.6. The largest absolute Gasteiger partial charge is 0.356 e. The fourth-order valence-corrected chi connectivity index (χ4v) is 2.52. The van der Waals surface area contributed by atoms with Gasteiger partial charge in [0.1, 0.15) is 5.82 Å². The molecule has 0 atom stereocenters. The van der Waals surface area contributed by atoms with E-state index >= 15 is 0 Å². The molecule has 0 radical (unpaired) electrons. The molecule has 0 fully saturated rings.